The lowest BCUT2D eigenvalue weighted by Gasteiger charge is -2.45. The molecule has 0 aromatic heterocycles. The highest BCUT2D eigenvalue weighted by Crippen LogP contribution is 2.37. The third-order valence-corrected chi connectivity index (χ3v) is 7.41. The predicted octanol–water partition coefficient (Wildman–Crippen LogP) is -1.34. The highest BCUT2D eigenvalue weighted by atomic mass is 16.8. The number of phenols is 3. The van der Waals surface area contributed by atoms with Gasteiger partial charge in [0.1, 0.15) is 59.4 Å². The van der Waals surface area contributed by atoms with Crippen molar-refractivity contribution in [3.05, 3.63) is 41.5 Å². The van der Waals surface area contributed by atoms with Crippen molar-refractivity contribution in [3.63, 3.8) is 0 Å². The molecule has 238 valence electrons. The summed E-state index contributed by atoms with van der Waals surface area (Å²) in [4.78, 5) is 12.9. The second kappa shape index (κ2) is 13.6. The molecule has 2 saturated heterocycles. The number of carbonyl (C=O) groups excluding carboxylic acids is 1. The average molecular weight is 613 g/mol. The van der Waals surface area contributed by atoms with E-state index in [0.29, 0.717) is 5.56 Å². The van der Waals surface area contributed by atoms with Crippen LogP contribution in [-0.2, 0) is 20.6 Å². The number of aromatic hydroxyl groups is 3. The maximum absolute atomic E-state index is 12.9. The summed E-state index contributed by atoms with van der Waals surface area (Å²) in [6.07, 6.45) is -15.5. The lowest BCUT2D eigenvalue weighted by molar-refractivity contribution is -0.354. The Morgan fingerprint density at radius 3 is 2.12 bits per heavy atom. The van der Waals surface area contributed by atoms with Gasteiger partial charge in [0.05, 0.1) is 19.8 Å². The highest BCUT2D eigenvalue weighted by Gasteiger charge is 2.51. The van der Waals surface area contributed by atoms with E-state index in [4.69, 9.17) is 23.7 Å². The molecule has 0 amide bonds. The van der Waals surface area contributed by atoms with E-state index in [0.717, 1.165) is 12.1 Å². The molecule has 2 aliphatic heterocycles. The van der Waals surface area contributed by atoms with Crippen LogP contribution in [0.1, 0.15) is 29.3 Å². The van der Waals surface area contributed by atoms with Crippen LogP contribution in [0.5, 0.6) is 28.7 Å². The summed E-state index contributed by atoms with van der Waals surface area (Å²) >= 11 is 0. The fourth-order valence-corrected chi connectivity index (χ4v) is 4.93. The van der Waals surface area contributed by atoms with E-state index in [1.807, 2.05) is 0 Å². The van der Waals surface area contributed by atoms with Crippen molar-refractivity contribution >= 4 is 5.78 Å². The lowest BCUT2D eigenvalue weighted by Crippen LogP contribution is -2.64. The highest BCUT2D eigenvalue weighted by molar-refractivity contribution is 6.01. The van der Waals surface area contributed by atoms with Gasteiger partial charge in [0.15, 0.2) is 29.7 Å². The zero-order valence-electron chi connectivity index (χ0n) is 23.3. The molecule has 2 aromatic rings. The van der Waals surface area contributed by atoms with Crippen LogP contribution >= 0.6 is 0 Å². The van der Waals surface area contributed by atoms with Crippen molar-refractivity contribution in [3.8, 4) is 28.7 Å². The third-order valence-electron chi connectivity index (χ3n) is 7.41. The lowest BCUT2D eigenvalue weighted by atomic mass is 9.97. The van der Waals surface area contributed by atoms with Gasteiger partial charge in [0.2, 0.25) is 6.29 Å². The number of aliphatic hydroxyl groups is 6. The van der Waals surface area contributed by atoms with Gasteiger partial charge in [-0.25, -0.2) is 0 Å². The zero-order chi connectivity index (χ0) is 31.6. The number of rotatable bonds is 10. The molecular formula is C28H36O15. The number of Topliss-reactive ketones (excluding diaryl/α,β-unsaturated/α-hetero) is 1. The molecule has 15 heteroatoms. The molecular weight excluding hydrogens is 576 g/mol. The fraction of sp³-hybridized carbons (Fsp3) is 0.536. The topological polar surface area (TPSA) is 245 Å². The molecule has 2 heterocycles. The number of aliphatic hydroxyl groups excluding tert-OH is 6. The molecule has 2 aliphatic rings. The van der Waals surface area contributed by atoms with Gasteiger partial charge in [-0.1, -0.05) is 6.07 Å². The standard InChI is InChI=1S/C28H36O15/c1-11-21(34)23(36)25(38)27(40-11)43-26-24(37)22(35)19(10-29)42-28(26)41-13-8-16(32)20(17(33)9-13)14(30)5-3-12-4-6-18(39-2)15(31)7-12/h4,6-9,11,19,21-29,31-38H,3,5,10H2,1-2H3/t11-,19-,21-,22-,23+,24+,25+,26-,27+,28-/m1/s1. The maximum Gasteiger partial charge on any atom is 0.229 e. The normalized spacial score (nSPS) is 32.7. The van der Waals surface area contributed by atoms with Crippen molar-refractivity contribution in [2.75, 3.05) is 13.7 Å². The summed E-state index contributed by atoms with van der Waals surface area (Å²) in [6, 6.07) is 6.59. The Morgan fingerprint density at radius 2 is 1.51 bits per heavy atom. The number of hydrogen-bond acceptors (Lipinski definition) is 15. The molecule has 0 aliphatic carbocycles. The van der Waals surface area contributed by atoms with Crippen LogP contribution in [0.4, 0.5) is 0 Å². The molecule has 9 N–H and O–H groups in total. The second-order valence-electron chi connectivity index (χ2n) is 10.4. The number of methoxy groups -OCH3 is 1. The zero-order valence-corrected chi connectivity index (χ0v) is 23.3. The SMILES string of the molecule is COc1ccc(CCC(=O)c2c(O)cc(O[C@@H]3O[C@H](CO)[C@@H](O)[C@H](O)[C@H]3O[C@@H]3O[C@H](C)[C@@H](O)[C@H](O)[C@@H]3O)cc2O)cc1O. The fourth-order valence-electron chi connectivity index (χ4n) is 4.93. The monoisotopic (exact) mass is 612 g/mol. The minimum atomic E-state index is -1.79. The van der Waals surface area contributed by atoms with E-state index >= 15 is 0 Å². The molecule has 4 rings (SSSR count). The first-order valence-electron chi connectivity index (χ1n) is 13.5. The molecule has 0 radical (unpaired) electrons. The van der Waals surface area contributed by atoms with E-state index in [1.165, 1.54) is 26.2 Å². The summed E-state index contributed by atoms with van der Waals surface area (Å²) in [5.74, 6) is -2.04. The number of ketones is 1. The number of benzene rings is 2. The average Bonchev–Trinajstić information content (AvgIpc) is 2.96. The van der Waals surface area contributed by atoms with Gasteiger partial charge < -0.3 is 69.6 Å². The van der Waals surface area contributed by atoms with Crippen molar-refractivity contribution in [1.82, 2.24) is 0 Å². The van der Waals surface area contributed by atoms with Gasteiger partial charge in [-0.15, -0.1) is 0 Å². The minimum Gasteiger partial charge on any atom is -0.507 e. The number of phenolic OH excluding ortho intramolecular Hbond substituents is 3. The van der Waals surface area contributed by atoms with Crippen molar-refractivity contribution in [2.24, 2.45) is 0 Å². The van der Waals surface area contributed by atoms with E-state index in [2.05, 4.69) is 0 Å². The molecule has 0 spiro atoms. The van der Waals surface area contributed by atoms with Crippen LogP contribution in [-0.4, -0.2) is 127 Å². The van der Waals surface area contributed by atoms with Gasteiger partial charge in [0.25, 0.3) is 0 Å². The number of carbonyl (C=O) groups is 1. The van der Waals surface area contributed by atoms with Crippen LogP contribution < -0.4 is 9.47 Å². The third kappa shape index (κ3) is 6.95. The van der Waals surface area contributed by atoms with Gasteiger partial charge in [-0.05, 0) is 31.0 Å². The molecule has 10 atom stereocenters. The van der Waals surface area contributed by atoms with Gasteiger partial charge >= 0.3 is 0 Å². The molecule has 0 saturated carbocycles. The molecule has 15 nitrogen and oxygen atoms in total. The van der Waals surface area contributed by atoms with Crippen LogP contribution in [0.15, 0.2) is 30.3 Å². The van der Waals surface area contributed by atoms with Gasteiger partial charge in [-0.2, -0.15) is 0 Å². The Labute approximate surface area is 245 Å². The summed E-state index contributed by atoms with van der Waals surface area (Å²) in [5.41, 5.74) is 0.208. The van der Waals surface area contributed by atoms with E-state index in [9.17, 15) is 50.8 Å². The molecule has 43 heavy (non-hydrogen) atoms. The summed E-state index contributed by atoms with van der Waals surface area (Å²) < 4.78 is 27.2. The minimum absolute atomic E-state index is 0.110. The molecule has 0 bridgehead atoms. The largest absolute Gasteiger partial charge is 0.507 e. The van der Waals surface area contributed by atoms with Crippen molar-refractivity contribution in [2.45, 2.75) is 81.2 Å². The molecule has 2 aromatic carbocycles. The summed E-state index contributed by atoms with van der Waals surface area (Å²) in [5, 5.41) is 92.3. The Balaban J connectivity index is 1.51. The Hall–Kier alpha value is -3.25. The first-order valence-corrected chi connectivity index (χ1v) is 13.5. The summed E-state index contributed by atoms with van der Waals surface area (Å²) in [6.45, 7) is 0.662. The first-order chi connectivity index (χ1) is 20.4. The van der Waals surface area contributed by atoms with Crippen LogP contribution in [0.25, 0.3) is 0 Å². The number of aryl methyl sites for hydroxylation is 1. The van der Waals surface area contributed by atoms with Crippen molar-refractivity contribution < 1.29 is 74.4 Å². The van der Waals surface area contributed by atoms with Gasteiger partial charge in [0, 0.05) is 18.6 Å². The molecule has 2 fully saturated rings. The number of ether oxygens (including phenoxy) is 5. The summed E-state index contributed by atoms with van der Waals surface area (Å²) in [7, 11) is 1.40. The molecule has 0 unspecified atom stereocenters. The van der Waals surface area contributed by atoms with E-state index in [1.54, 1.807) is 6.07 Å². The second-order valence-corrected chi connectivity index (χ2v) is 10.4. The Bertz CT molecular complexity index is 1250. The van der Waals surface area contributed by atoms with Crippen LogP contribution in [0, 0.1) is 0 Å². The first kappa shape index (κ1) is 32.7. The van der Waals surface area contributed by atoms with E-state index in [-0.39, 0.29) is 30.1 Å². The smallest absolute Gasteiger partial charge is 0.229 e. The van der Waals surface area contributed by atoms with E-state index < -0.39 is 90.9 Å². The van der Waals surface area contributed by atoms with Gasteiger partial charge in [-0.3, -0.25) is 4.79 Å². The maximum atomic E-state index is 12.9. The predicted molar refractivity (Wildman–Crippen MR) is 143 cm³/mol. The van der Waals surface area contributed by atoms with Crippen LogP contribution in [0.3, 0.4) is 0 Å². The van der Waals surface area contributed by atoms with Crippen molar-refractivity contribution in [1.29, 1.82) is 0 Å². The number of hydrogen-bond donors (Lipinski definition) is 9. The quantitative estimate of drug-likeness (QED) is 0.141. The van der Waals surface area contributed by atoms with Crippen LogP contribution in [0.2, 0.25) is 0 Å². The Morgan fingerprint density at radius 1 is 0.837 bits per heavy atom. The Kier molecular flexibility index (Phi) is 10.3.